The molecule has 0 aliphatic carbocycles. The molecule has 0 bridgehead atoms. The fourth-order valence-electron chi connectivity index (χ4n) is 1.37. The Hall–Kier alpha value is -1.39. The molecule has 84 valence electrons. The number of halogens is 2. The molecule has 0 saturated carbocycles. The third-order valence-electron chi connectivity index (χ3n) is 2.16. The predicted octanol–water partition coefficient (Wildman–Crippen LogP) is 2.49. The summed E-state index contributed by atoms with van der Waals surface area (Å²) in [6.45, 7) is 1.27. The van der Waals surface area contributed by atoms with E-state index in [0.29, 0.717) is 13.1 Å². The van der Waals surface area contributed by atoms with Crippen LogP contribution in [0.1, 0.15) is 11.4 Å². The van der Waals surface area contributed by atoms with Gasteiger partial charge in [0, 0.05) is 18.9 Å². The molecule has 16 heavy (non-hydrogen) atoms. The second-order valence-corrected chi connectivity index (χ2v) is 3.80. The molecule has 0 unspecified atom stereocenters. The van der Waals surface area contributed by atoms with Crippen LogP contribution in [0.4, 0.5) is 4.39 Å². The zero-order chi connectivity index (χ0) is 11.4. The van der Waals surface area contributed by atoms with E-state index in [1.54, 1.807) is 24.5 Å². The molecule has 0 fully saturated rings. The van der Waals surface area contributed by atoms with E-state index in [1.165, 1.54) is 6.07 Å². The van der Waals surface area contributed by atoms with Gasteiger partial charge in [-0.2, -0.15) is 0 Å². The SMILES string of the molecule is Fc1ccc(CNCc2ncc[nH]2)cc1Cl. The zero-order valence-corrected chi connectivity index (χ0v) is 9.26. The van der Waals surface area contributed by atoms with E-state index in [0.717, 1.165) is 11.4 Å². The maximum absolute atomic E-state index is 12.9. The molecule has 0 atom stereocenters. The Morgan fingerprint density at radius 2 is 2.25 bits per heavy atom. The molecule has 3 nitrogen and oxygen atoms in total. The van der Waals surface area contributed by atoms with Crippen LogP contribution in [0.15, 0.2) is 30.6 Å². The van der Waals surface area contributed by atoms with Crippen LogP contribution in [0.5, 0.6) is 0 Å². The van der Waals surface area contributed by atoms with Crippen LogP contribution in [0.3, 0.4) is 0 Å². The monoisotopic (exact) mass is 239 g/mol. The van der Waals surface area contributed by atoms with Gasteiger partial charge in [-0.05, 0) is 17.7 Å². The average Bonchev–Trinajstić information content (AvgIpc) is 2.76. The Labute approximate surface area is 97.7 Å². The average molecular weight is 240 g/mol. The van der Waals surface area contributed by atoms with E-state index in [2.05, 4.69) is 15.3 Å². The number of aromatic nitrogens is 2. The maximum Gasteiger partial charge on any atom is 0.141 e. The van der Waals surface area contributed by atoms with Crippen LogP contribution in [0, 0.1) is 5.82 Å². The van der Waals surface area contributed by atoms with Crippen molar-refractivity contribution in [1.29, 1.82) is 0 Å². The summed E-state index contributed by atoms with van der Waals surface area (Å²) in [5.74, 6) is 0.477. The van der Waals surface area contributed by atoms with E-state index in [4.69, 9.17) is 11.6 Å². The number of nitrogens with one attached hydrogen (secondary N) is 2. The van der Waals surface area contributed by atoms with Crippen molar-refractivity contribution >= 4 is 11.6 Å². The lowest BCUT2D eigenvalue weighted by Gasteiger charge is -2.04. The molecule has 0 aliphatic rings. The van der Waals surface area contributed by atoms with Gasteiger partial charge < -0.3 is 10.3 Å². The minimum absolute atomic E-state index is 0.150. The highest BCUT2D eigenvalue weighted by Crippen LogP contribution is 2.15. The van der Waals surface area contributed by atoms with Crippen molar-refractivity contribution in [1.82, 2.24) is 15.3 Å². The van der Waals surface area contributed by atoms with Crippen LogP contribution >= 0.6 is 11.6 Å². The summed E-state index contributed by atoms with van der Waals surface area (Å²) in [5, 5.41) is 3.33. The van der Waals surface area contributed by atoms with Crippen LogP contribution in [0.25, 0.3) is 0 Å². The molecule has 2 aromatic rings. The highest BCUT2D eigenvalue weighted by Gasteiger charge is 2.00. The summed E-state index contributed by atoms with van der Waals surface area (Å²) in [6.07, 6.45) is 3.47. The third-order valence-corrected chi connectivity index (χ3v) is 2.45. The number of aromatic amines is 1. The molecule has 0 spiro atoms. The Morgan fingerprint density at radius 3 is 2.94 bits per heavy atom. The van der Waals surface area contributed by atoms with Crippen molar-refractivity contribution in [3.63, 3.8) is 0 Å². The minimum atomic E-state index is -0.392. The van der Waals surface area contributed by atoms with E-state index in [9.17, 15) is 4.39 Å². The third kappa shape index (κ3) is 2.81. The zero-order valence-electron chi connectivity index (χ0n) is 8.50. The lowest BCUT2D eigenvalue weighted by molar-refractivity contribution is 0.624. The molecule has 2 N–H and O–H groups in total. The lowest BCUT2D eigenvalue weighted by Crippen LogP contribution is -2.13. The second-order valence-electron chi connectivity index (χ2n) is 3.39. The Morgan fingerprint density at radius 1 is 1.38 bits per heavy atom. The minimum Gasteiger partial charge on any atom is -0.348 e. The van der Waals surface area contributed by atoms with Crippen LogP contribution in [-0.4, -0.2) is 9.97 Å². The number of imidazole rings is 1. The highest BCUT2D eigenvalue weighted by molar-refractivity contribution is 6.30. The first kappa shape index (κ1) is 11.1. The van der Waals surface area contributed by atoms with E-state index in [-0.39, 0.29) is 5.02 Å². The Bertz CT molecular complexity index is 456. The van der Waals surface area contributed by atoms with Gasteiger partial charge in [0.05, 0.1) is 11.6 Å². The number of hydrogen-bond acceptors (Lipinski definition) is 2. The van der Waals surface area contributed by atoms with Crippen molar-refractivity contribution in [3.8, 4) is 0 Å². The molecule has 1 heterocycles. The summed E-state index contributed by atoms with van der Waals surface area (Å²) in [7, 11) is 0. The van der Waals surface area contributed by atoms with Gasteiger partial charge >= 0.3 is 0 Å². The first-order chi connectivity index (χ1) is 7.75. The fourth-order valence-corrected chi connectivity index (χ4v) is 1.57. The standard InChI is InChI=1S/C11H11ClFN3/c12-9-5-8(1-2-10(9)13)6-14-7-11-15-3-4-16-11/h1-5,14H,6-7H2,(H,15,16). The van der Waals surface area contributed by atoms with Gasteiger partial charge in [-0.15, -0.1) is 0 Å². The number of H-pyrrole nitrogens is 1. The summed E-state index contributed by atoms with van der Waals surface area (Å²) in [4.78, 5) is 7.06. The highest BCUT2D eigenvalue weighted by atomic mass is 35.5. The Balaban J connectivity index is 1.87. The van der Waals surface area contributed by atoms with Crippen molar-refractivity contribution in [2.45, 2.75) is 13.1 Å². The van der Waals surface area contributed by atoms with E-state index in [1.807, 2.05) is 0 Å². The molecule has 0 saturated heterocycles. The summed E-state index contributed by atoms with van der Waals surface area (Å²) in [5.41, 5.74) is 0.943. The molecule has 5 heteroatoms. The van der Waals surface area contributed by atoms with Crippen LogP contribution in [-0.2, 0) is 13.1 Å². The van der Waals surface area contributed by atoms with Gasteiger partial charge in [-0.1, -0.05) is 17.7 Å². The maximum atomic E-state index is 12.9. The van der Waals surface area contributed by atoms with Crippen molar-refractivity contribution < 1.29 is 4.39 Å². The first-order valence-corrected chi connectivity index (χ1v) is 5.26. The van der Waals surface area contributed by atoms with Crippen molar-refractivity contribution in [2.24, 2.45) is 0 Å². The molecule has 0 amide bonds. The first-order valence-electron chi connectivity index (χ1n) is 4.88. The van der Waals surface area contributed by atoms with Gasteiger partial charge in [-0.3, -0.25) is 0 Å². The fraction of sp³-hybridized carbons (Fsp3) is 0.182. The number of hydrogen-bond donors (Lipinski definition) is 2. The number of rotatable bonds is 4. The molecule has 0 aliphatic heterocycles. The number of benzene rings is 1. The van der Waals surface area contributed by atoms with Gasteiger partial charge in [0.15, 0.2) is 0 Å². The van der Waals surface area contributed by atoms with Crippen molar-refractivity contribution in [3.05, 3.63) is 52.8 Å². The largest absolute Gasteiger partial charge is 0.348 e. The van der Waals surface area contributed by atoms with Gasteiger partial charge in [-0.25, -0.2) is 9.37 Å². The molecular formula is C11H11ClFN3. The Kier molecular flexibility index (Phi) is 3.54. The summed E-state index contributed by atoms with van der Waals surface area (Å²) >= 11 is 5.67. The lowest BCUT2D eigenvalue weighted by atomic mass is 10.2. The molecule has 0 radical (unpaired) electrons. The smallest absolute Gasteiger partial charge is 0.141 e. The van der Waals surface area contributed by atoms with Crippen molar-refractivity contribution in [2.75, 3.05) is 0 Å². The van der Waals surface area contributed by atoms with Gasteiger partial charge in [0.2, 0.25) is 0 Å². The number of nitrogens with zero attached hydrogens (tertiary/aromatic N) is 1. The predicted molar refractivity (Wildman–Crippen MR) is 60.5 cm³/mol. The second kappa shape index (κ2) is 5.09. The van der Waals surface area contributed by atoms with Gasteiger partial charge in [0.1, 0.15) is 11.6 Å². The van der Waals surface area contributed by atoms with E-state index >= 15 is 0 Å². The summed E-state index contributed by atoms with van der Waals surface area (Å²) < 4.78 is 12.9. The van der Waals surface area contributed by atoms with Crippen LogP contribution < -0.4 is 5.32 Å². The molecule has 2 rings (SSSR count). The van der Waals surface area contributed by atoms with Gasteiger partial charge in [0.25, 0.3) is 0 Å². The van der Waals surface area contributed by atoms with E-state index < -0.39 is 5.82 Å². The normalized spacial score (nSPS) is 10.6. The molecular weight excluding hydrogens is 229 g/mol. The quantitative estimate of drug-likeness (QED) is 0.861. The van der Waals surface area contributed by atoms with Crippen LogP contribution in [0.2, 0.25) is 5.02 Å². The topological polar surface area (TPSA) is 40.7 Å². The summed E-state index contributed by atoms with van der Waals surface area (Å²) in [6, 6.07) is 4.69. The molecule has 1 aromatic carbocycles. The molecule has 1 aromatic heterocycles.